The van der Waals surface area contributed by atoms with Crippen molar-refractivity contribution in [3.8, 4) is 0 Å². The zero-order chi connectivity index (χ0) is 54.2. The average molecular weight is 1040 g/mol. The number of carboxylic acid groups (broad SMARTS) is 6. The summed E-state index contributed by atoms with van der Waals surface area (Å²) >= 11 is 0. The van der Waals surface area contributed by atoms with E-state index < -0.39 is 84.6 Å². The molecule has 0 radical (unpaired) electrons. The normalized spacial score (nSPS) is 18.8. The number of rotatable bonds is 27. The minimum absolute atomic E-state index is 0.0283. The smallest absolute Gasteiger partial charge is 0.326 e. The van der Waals surface area contributed by atoms with Crippen molar-refractivity contribution in [2.75, 3.05) is 91.6 Å². The van der Waals surface area contributed by atoms with Crippen molar-refractivity contribution >= 4 is 70.3 Å². The second-order valence-corrected chi connectivity index (χ2v) is 18.9. The Balaban J connectivity index is 1.30. The lowest BCUT2D eigenvalue weighted by atomic mass is 9.81. The fourth-order valence-electron chi connectivity index (χ4n) is 8.98. The third-order valence-corrected chi connectivity index (χ3v) is 13.1. The lowest BCUT2D eigenvalue weighted by molar-refractivity contribution is -0.141. The van der Waals surface area contributed by atoms with Crippen LogP contribution in [0.5, 0.6) is 0 Å². The summed E-state index contributed by atoms with van der Waals surface area (Å²) in [6, 6.07) is 8.44. The third kappa shape index (κ3) is 22.4. The first-order valence-corrected chi connectivity index (χ1v) is 24.9. The van der Waals surface area contributed by atoms with Crippen molar-refractivity contribution in [3.63, 3.8) is 0 Å². The van der Waals surface area contributed by atoms with Crippen LogP contribution in [0.3, 0.4) is 0 Å². The molecule has 1 aliphatic heterocycles. The number of unbranched alkanes of at least 4 members (excludes halogenated alkanes) is 1. The van der Waals surface area contributed by atoms with Crippen LogP contribution in [0.4, 0.5) is 4.79 Å². The van der Waals surface area contributed by atoms with Gasteiger partial charge in [0.25, 0.3) is 0 Å². The van der Waals surface area contributed by atoms with Gasteiger partial charge in [0, 0.05) is 84.2 Å². The number of carbonyl (C=O) groups is 10. The Morgan fingerprint density at radius 3 is 1.53 bits per heavy atom. The largest absolute Gasteiger partial charge is 0.481 e. The molecule has 0 bridgehead atoms. The number of nitrogens with zero attached hydrogens (tertiary/aromatic N) is 4. The van der Waals surface area contributed by atoms with Gasteiger partial charge in [0.1, 0.15) is 18.1 Å². The van der Waals surface area contributed by atoms with Crippen LogP contribution in [-0.2, 0) is 49.6 Å². The van der Waals surface area contributed by atoms with Crippen molar-refractivity contribution in [1.82, 2.24) is 46.2 Å². The topological polar surface area (TPSA) is 365 Å². The highest BCUT2D eigenvalue weighted by Gasteiger charge is 2.31. The zero-order valence-corrected chi connectivity index (χ0v) is 41.5. The number of carbonyl (C=O) groups excluding carboxylic acids is 4. The Labute approximate surface area is 428 Å². The van der Waals surface area contributed by atoms with Crippen LogP contribution < -0.4 is 26.6 Å². The van der Waals surface area contributed by atoms with Crippen LogP contribution in [0.1, 0.15) is 63.4 Å². The lowest BCUT2D eigenvalue weighted by Gasteiger charge is -2.33. The fourth-order valence-corrected chi connectivity index (χ4v) is 8.98. The van der Waals surface area contributed by atoms with Gasteiger partial charge in [-0.2, -0.15) is 0 Å². The van der Waals surface area contributed by atoms with Crippen LogP contribution in [0, 0.1) is 11.8 Å². The third-order valence-electron chi connectivity index (χ3n) is 13.1. The van der Waals surface area contributed by atoms with Gasteiger partial charge in [-0.15, -0.1) is 0 Å². The molecule has 1 saturated heterocycles. The highest BCUT2D eigenvalue weighted by atomic mass is 16.4. The molecule has 2 aromatic rings. The van der Waals surface area contributed by atoms with Gasteiger partial charge >= 0.3 is 41.8 Å². The van der Waals surface area contributed by atoms with E-state index >= 15 is 0 Å². The summed E-state index contributed by atoms with van der Waals surface area (Å²) in [7, 11) is 0. The van der Waals surface area contributed by atoms with E-state index in [1.165, 1.54) is 0 Å². The highest BCUT2D eigenvalue weighted by Crippen LogP contribution is 2.29. The summed E-state index contributed by atoms with van der Waals surface area (Å²) in [5.41, 5.74) is 0.803. The van der Waals surface area contributed by atoms with Crippen LogP contribution in [-0.4, -0.2) is 220 Å². The molecule has 408 valence electrons. The summed E-state index contributed by atoms with van der Waals surface area (Å²) in [6.45, 7) is 1.73. The van der Waals surface area contributed by atoms with Crippen LogP contribution in [0.15, 0.2) is 42.5 Å². The number of benzene rings is 2. The lowest BCUT2D eigenvalue weighted by Crippen LogP contribution is -2.51. The van der Waals surface area contributed by atoms with Crippen molar-refractivity contribution in [3.05, 3.63) is 48.0 Å². The summed E-state index contributed by atoms with van der Waals surface area (Å²) in [5, 5.41) is 71.4. The van der Waals surface area contributed by atoms with Crippen molar-refractivity contribution in [2.45, 2.75) is 82.3 Å². The summed E-state index contributed by atoms with van der Waals surface area (Å²) in [6.07, 6.45) is 1.91. The number of fused-ring (bicyclic) bond motifs is 1. The minimum Gasteiger partial charge on any atom is -0.481 e. The van der Waals surface area contributed by atoms with Crippen LogP contribution >= 0.6 is 0 Å². The number of hydrogen-bond acceptors (Lipinski definition) is 14. The molecule has 3 atom stereocenters. The van der Waals surface area contributed by atoms with E-state index in [0.29, 0.717) is 45.3 Å². The molecule has 0 aromatic heterocycles. The standard InChI is InChI=1S/C49H71N9O16/c59-40(28-55-17-19-56(29-42(62)63)21-23-58(31-44(66)67)24-22-57(20-18-55)30-43(64)65)51-27-32-8-12-35(13-9-32)45(68)52-39(26-33-10-11-34-5-1-2-6-36(34)25-33)46(69)50-16-4-3-7-37(47(70)71)53-49(74)54-38(48(72)73)14-15-41(60)61/h1-2,5-6,10-11,25,32,35,37-39H,3-4,7-9,12-24,26-31H2,(H,50,69)(H,51,59)(H,52,68)(H,60,61)(H,62,63)(H,64,65)(H,66,67)(H,70,71)(H,72,73)(H2,53,54,74)/t32-,35-,37-,38?,39?/m0/s1. The number of hydrogen-bond donors (Lipinski definition) is 11. The maximum atomic E-state index is 13.8. The molecular weight excluding hydrogens is 971 g/mol. The zero-order valence-electron chi connectivity index (χ0n) is 41.5. The molecule has 74 heavy (non-hydrogen) atoms. The van der Waals surface area contributed by atoms with Crippen molar-refractivity contribution in [2.24, 2.45) is 11.8 Å². The second kappa shape index (κ2) is 30.9. The second-order valence-electron chi connectivity index (χ2n) is 18.9. The molecule has 1 heterocycles. The van der Waals surface area contributed by atoms with Gasteiger partial charge in [0.2, 0.25) is 17.7 Å². The molecular formula is C49H71N9O16. The molecule has 25 heteroatoms. The fraction of sp³-hybridized carbons (Fsp3) is 0.592. The van der Waals surface area contributed by atoms with E-state index in [4.69, 9.17) is 5.11 Å². The molecule has 25 nitrogen and oxygen atoms in total. The van der Waals surface area contributed by atoms with Crippen LogP contribution in [0.2, 0.25) is 0 Å². The first-order valence-electron chi connectivity index (χ1n) is 24.9. The number of carboxylic acids is 6. The van der Waals surface area contributed by atoms with E-state index in [-0.39, 0.29) is 115 Å². The Kier molecular flexibility index (Phi) is 24.9. The SMILES string of the molecule is O=C(O)CCC(NC(=O)N[C@@H](CCCCNC(=O)C(Cc1ccc2ccccc2c1)NC(=O)[C@H]1CC[C@H](CNC(=O)CN2CCN(CC(=O)O)CCN(CC(=O)O)CCN(CC(=O)O)CC2)CC1)C(=O)O)C(=O)O. The van der Waals surface area contributed by atoms with E-state index in [9.17, 15) is 73.5 Å². The minimum atomic E-state index is -1.55. The molecule has 11 N–H and O–H groups in total. The van der Waals surface area contributed by atoms with Gasteiger partial charge in [-0.25, -0.2) is 14.4 Å². The van der Waals surface area contributed by atoms with Crippen molar-refractivity contribution < 1.29 is 78.6 Å². The first kappa shape index (κ1) is 59.6. The van der Waals surface area contributed by atoms with Gasteiger partial charge in [-0.3, -0.25) is 53.2 Å². The van der Waals surface area contributed by atoms with Gasteiger partial charge in [-0.05, 0) is 73.6 Å². The molecule has 4 rings (SSSR count). The van der Waals surface area contributed by atoms with E-state index in [0.717, 1.165) is 16.3 Å². The maximum absolute atomic E-state index is 13.8. The van der Waals surface area contributed by atoms with Gasteiger partial charge in [0.05, 0.1) is 26.2 Å². The monoisotopic (exact) mass is 1040 g/mol. The number of nitrogens with one attached hydrogen (secondary N) is 5. The average Bonchev–Trinajstić information content (AvgIpc) is 3.34. The number of aliphatic carboxylic acids is 6. The highest BCUT2D eigenvalue weighted by molar-refractivity contribution is 5.90. The maximum Gasteiger partial charge on any atom is 0.326 e. The number of amides is 5. The van der Waals surface area contributed by atoms with E-state index in [2.05, 4.69) is 26.6 Å². The first-order chi connectivity index (χ1) is 35.2. The molecule has 2 unspecified atom stereocenters. The summed E-state index contributed by atoms with van der Waals surface area (Å²) in [4.78, 5) is 129. The van der Waals surface area contributed by atoms with E-state index in [1.807, 2.05) is 47.4 Å². The molecule has 0 spiro atoms. The number of urea groups is 1. The Morgan fingerprint density at radius 2 is 1.03 bits per heavy atom. The Bertz CT molecular complexity index is 2230. The Morgan fingerprint density at radius 1 is 0.527 bits per heavy atom. The predicted octanol–water partition coefficient (Wildman–Crippen LogP) is -0.378. The summed E-state index contributed by atoms with van der Waals surface area (Å²) < 4.78 is 0. The summed E-state index contributed by atoms with van der Waals surface area (Å²) in [5.74, 6) is -8.66. The van der Waals surface area contributed by atoms with Gasteiger partial charge in [0.15, 0.2) is 0 Å². The molecule has 2 aliphatic rings. The molecule has 2 aromatic carbocycles. The molecule has 1 aliphatic carbocycles. The van der Waals surface area contributed by atoms with Gasteiger partial charge < -0.3 is 57.2 Å². The molecule has 5 amide bonds. The molecule has 1 saturated carbocycles. The van der Waals surface area contributed by atoms with Crippen LogP contribution in [0.25, 0.3) is 10.8 Å². The molecule has 2 fully saturated rings. The van der Waals surface area contributed by atoms with Gasteiger partial charge in [-0.1, -0.05) is 42.5 Å². The predicted molar refractivity (Wildman–Crippen MR) is 265 cm³/mol. The quantitative estimate of drug-likeness (QED) is 0.0508. The van der Waals surface area contributed by atoms with E-state index in [1.54, 1.807) is 14.7 Å². The van der Waals surface area contributed by atoms with Crippen molar-refractivity contribution in [1.29, 1.82) is 0 Å². The Hall–Kier alpha value is -6.96.